The summed E-state index contributed by atoms with van der Waals surface area (Å²) in [6.07, 6.45) is 2.84. The molecule has 1 rings (SSSR count). The van der Waals surface area contributed by atoms with Gasteiger partial charge in [0.2, 0.25) is 0 Å². The van der Waals surface area contributed by atoms with Crippen molar-refractivity contribution in [3.63, 3.8) is 0 Å². The first kappa shape index (κ1) is 9.99. The van der Waals surface area contributed by atoms with Gasteiger partial charge in [-0.2, -0.15) is 5.10 Å². The van der Waals surface area contributed by atoms with Crippen LogP contribution in [-0.4, -0.2) is 14.9 Å². The molecule has 0 aliphatic rings. The fourth-order valence-corrected chi connectivity index (χ4v) is 1.24. The van der Waals surface area contributed by atoms with Gasteiger partial charge in [-0.05, 0) is 25.8 Å². The Bertz CT molecular complexity index is 291. The van der Waals surface area contributed by atoms with Gasteiger partial charge in [0, 0.05) is 13.2 Å². The highest BCUT2D eigenvalue weighted by molar-refractivity contribution is 5.04. The predicted octanol–water partition coefficient (Wildman–Crippen LogP) is 1.81. The molecule has 0 bridgehead atoms. The van der Waals surface area contributed by atoms with Gasteiger partial charge in [0.25, 0.3) is 0 Å². The molecule has 0 aromatic carbocycles. The molecule has 0 aliphatic heterocycles. The molecular weight excluding hydrogens is 164 g/mol. The van der Waals surface area contributed by atoms with Crippen LogP contribution >= 0.6 is 0 Å². The van der Waals surface area contributed by atoms with Crippen LogP contribution in [0.1, 0.15) is 31.6 Å². The molecule has 0 aliphatic carbocycles. The lowest BCUT2D eigenvalue weighted by Crippen LogP contribution is -2.05. The first-order chi connectivity index (χ1) is 6.11. The molecule has 1 aromatic heterocycles. The van der Waals surface area contributed by atoms with Gasteiger partial charge in [-0.15, -0.1) is 6.58 Å². The van der Waals surface area contributed by atoms with Crippen LogP contribution < -0.4 is 0 Å². The normalized spacial score (nSPS) is 12.8. The fourth-order valence-electron chi connectivity index (χ4n) is 1.24. The van der Waals surface area contributed by atoms with Crippen molar-refractivity contribution in [3.05, 3.63) is 30.1 Å². The number of hydrogen-bond donors (Lipinski definition) is 1. The molecule has 1 atom stereocenters. The van der Waals surface area contributed by atoms with Crippen LogP contribution in [0.15, 0.2) is 24.4 Å². The third-order valence-electron chi connectivity index (χ3n) is 2.04. The van der Waals surface area contributed by atoms with Gasteiger partial charge in [0.15, 0.2) is 0 Å². The highest BCUT2D eigenvalue weighted by Crippen LogP contribution is 2.18. The molecule has 0 radical (unpaired) electrons. The smallest absolute Gasteiger partial charge is 0.0959 e. The minimum Gasteiger partial charge on any atom is -0.387 e. The summed E-state index contributed by atoms with van der Waals surface area (Å²) in [4.78, 5) is 0. The fraction of sp³-hybridized carbons (Fsp3) is 0.500. The van der Waals surface area contributed by atoms with Gasteiger partial charge < -0.3 is 5.11 Å². The molecule has 1 heterocycles. The highest BCUT2D eigenvalue weighted by Gasteiger charge is 2.10. The Balaban J connectivity index is 2.53. The highest BCUT2D eigenvalue weighted by atomic mass is 16.3. The van der Waals surface area contributed by atoms with Gasteiger partial charge in [0.1, 0.15) is 0 Å². The third kappa shape index (κ3) is 2.70. The van der Waals surface area contributed by atoms with E-state index >= 15 is 0 Å². The Morgan fingerprint density at radius 3 is 2.92 bits per heavy atom. The number of aromatic nitrogens is 2. The summed E-state index contributed by atoms with van der Waals surface area (Å²) in [5, 5.41) is 13.7. The maximum atomic E-state index is 9.74. The summed E-state index contributed by atoms with van der Waals surface area (Å²) in [5.74, 6) is 0. The van der Waals surface area contributed by atoms with Crippen molar-refractivity contribution in [2.24, 2.45) is 7.05 Å². The Morgan fingerprint density at radius 1 is 1.77 bits per heavy atom. The maximum absolute atomic E-state index is 9.74. The molecule has 3 nitrogen and oxygen atoms in total. The standard InChI is InChI=1S/C10H16N2O/c1-8(2)4-5-10(13)9-6-7-11-12(9)3/h6-7,10,13H,1,4-5H2,2-3H3. The maximum Gasteiger partial charge on any atom is 0.0959 e. The van der Waals surface area contributed by atoms with E-state index in [-0.39, 0.29) is 0 Å². The second kappa shape index (κ2) is 4.23. The molecule has 1 N–H and O–H groups in total. The minimum atomic E-state index is -0.427. The van der Waals surface area contributed by atoms with E-state index in [0.717, 1.165) is 24.1 Å². The minimum absolute atomic E-state index is 0.427. The van der Waals surface area contributed by atoms with E-state index in [1.54, 1.807) is 10.9 Å². The van der Waals surface area contributed by atoms with Crippen LogP contribution in [0.25, 0.3) is 0 Å². The van der Waals surface area contributed by atoms with E-state index in [1.165, 1.54) is 0 Å². The molecule has 0 saturated carbocycles. The van der Waals surface area contributed by atoms with Crippen molar-refractivity contribution < 1.29 is 5.11 Å². The van der Waals surface area contributed by atoms with Crippen LogP contribution in [-0.2, 0) is 7.05 Å². The third-order valence-corrected chi connectivity index (χ3v) is 2.04. The average molecular weight is 180 g/mol. The number of allylic oxidation sites excluding steroid dienone is 1. The lowest BCUT2D eigenvalue weighted by atomic mass is 10.1. The average Bonchev–Trinajstić information content (AvgIpc) is 2.47. The van der Waals surface area contributed by atoms with Crippen LogP contribution in [0.4, 0.5) is 0 Å². The summed E-state index contributed by atoms with van der Waals surface area (Å²) >= 11 is 0. The van der Waals surface area contributed by atoms with Gasteiger partial charge in [0.05, 0.1) is 11.8 Å². The summed E-state index contributed by atoms with van der Waals surface area (Å²) in [6, 6.07) is 1.84. The van der Waals surface area contributed by atoms with Gasteiger partial charge in [-0.3, -0.25) is 4.68 Å². The van der Waals surface area contributed by atoms with Gasteiger partial charge in [-0.25, -0.2) is 0 Å². The summed E-state index contributed by atoms with van der Waals surface area (Å²) in [7, 11) is 1.83. The molecule has 0 amide bonds. The molecule has 1 aromatic rings. The first-order valence-electron chi connectivity index (χ1n) is 4.41. The Labute approximate surface area is 78.7 Å². The molecule has 13 heavy (non-hydrogen) atoms. The van der Waals surface area contributed by atoms with Crippen molar-refractivity contribution >= 4 is 0 Å². The number of hydrogen-bond acceptors (Lipinski definition) is 2. The number of rotatable bonds is 4. The second-order valence-corrected chi connectivity index (χ2v) is 3.39. The lowest BCUT2D eigenvalue weighted by Gasteiger charge is -2.10. The second-order valence-electron chi connectivity index (χ2n) is 3.39. The Hall–Kier alpha value is -1.09. The number of aryl methyl sites for hydroxylation is 1. The summed E-state index contributed by atoms with van der Waals surface area (Å²) < 4.78 is 1.70. The Morgan fingerprint density at radius 2 is 2.46 bits per heavy atom. The van der Waals surface area contributed by atoms with Crippen molar-refractivity contribution in [1.29, 1.82) is 0 Å². The largest absolute Gasteiger partial charge is 0.387 e. The van der Waals surface area contributed by atoms with Crippen molar-refractivity contribution in [3.8, 4) is 0 Å². The van der Waals surface area contributed by atoms with E-state index in [2.05, 4.69) is 11.7 Å². The van der Waals surface area contributed by atoms with Crippen LogP contribution in [0.5, 0.6) is 0 Å². The molecule has 0 spiro atoms. The summed E-state index contributed by atoms with van der Waals surface area (Å²) in [5.41, 5.74) is 1.96. The molecule has 3 heteroatoms. The lowest BCUT2D eigenvalue weighted by molar-refractivity contribution is 0.158. The number of aliphatic hydroxyl groups excluding tert-OH is 1. The van der Waals surface area contributed by atoms with Crippen molar-refractivity contribution in [2.75, 3.05) is 0 Å². The summed E-state index contributed by atoms with van der Waals surface area (Å²) in [6.45, 7) is 5.77. The van der Waals surface area contributed by atoms with E-state index in [0.29, 0.717) is 0 Å². The van der Waals surface area contributed by atoms with Gasteiger partial charge in [-0.1, -0.05) is 5.57 Å². The van der Waals surface area contributed by atoms with E-state index < -0.39 is 6.10 Å². The molecule has 0 fully saturated rings. The van der Waals surface area contributed by atoms with E-state index in [4.69, 9.17) is 0 Å². The van der Waals surface area contributed by atoms with Crippen LogP contribution in [0.2, 0.25) is 0 Å². The zero-order valence-electron chi connectivity index (χ0n) is 8.20. The van der Waals surface area contributed by atoms with Crippen LogP contribution in [0, 0.1) is 0 Å². The number of nitrogens with zero attached hydrogens (tertiary/aromatic N) is 2. The topological polar surface area (TPSA) is 38.1 Å². The molecular formula is C10H16N2O. The monoisotopic (exact) mass is 180 g/mol. The zero-order valence-corrected chi connectivity index (χ0v) is 8.20. The predicted molar refractivity (Wildman–Crippen MR) is 52.2 cm³/mol. The SMILES string of the molecule is C=C(C)CCC(O)c1ccnn1C. The van der Waals surface area contributed by atoms with Crippen molar-refractivity contribution in [2.45, 2.75) is 25.9 Å². The van der Waals surface area contributed by atoms with Crippen molar-refractivity contribution in [1.82, 2.24) is 9.78 Å². The molecule has 72 valence electrons. The number of aliphatic hydroxyl groups is 1. The quantitative estimate of drug-likeness (QED) is 0.717. The Kier molecular flexibility index (Phi) is 3.25. The zero-order chi connectivity index (χ0) is 9.84. The molecule has 0 saturated heterocycles. The molecule has 1 unspecified atom stereocenters. The van der Waals surface area contributed by atoms with E-state index in [9.17, 15) is 5.11 Å². The first-order valence-corrected chi connectivity index (χ1v) is 4.41. The van der Waals surface area contributed by atoms with E-state index in [1.807, 2.05) is 20.0 Å². The van der Waals surface area contributed by atoms with Gasteiger partial charge >= 0.3 is 0 Å². The van der Waals surface area contributed by atoms with Crippen LogP contribution in [0.3, 0.4) is 0 Å².